The van der Waals surface area contributed by atoms with E-state index < -0.39 is 0 Å². The first-order valence-corrected chi connectivity index (χ1v) is 7.41. The molecule has 0 heterocycles. The lowest BCUT2D eigenvalue weighted by molar-refractivity contribution is 0.0834. The third-order valence-corrected chi connectivity index (χ3v) is 2.68. The molecule has 0 radical (unpaired) electrons. The standard InChI is InChI=1S/C12H25Cl2NO2/c1-2-3-6-15(7-11-16-9-4-13)8-12-17-10-5-14/h2-12H2,1H3. The maximum absolute atomic E-state index is 5.55. The van der Waals surface area contributed by atoms with Gasteiger partial charge in [-0.05, 0) is 13.0 Å². The Morgan fingerprint density at radius 2 is 1.35 bits per heavy atom. The first-order valence-electron chi connectivity index (χ1n) is 6.35. The van der Waals surface area contributed by atoms with Crippen molar-refractivity contribution in [2.45, 2.75) is 19.8 Å². The van der Waals surface area contributed by atoms with Crippen molar-refractivity contribution in [3.05, 3.63) is 0 Å². The van der Waals surface area contributed by atoms with E-state index in [0.29, 0.717) is 25.0 Å². The molecule has 0 saturated carbocycles. The van der Waals surface area contributed by atoms with Crippen LogP contribution in [0.15, 0.2) is 0 Å². The molecule has 104 valence electrons. The van der Waals surface area contributed by atoms with Gasteiger partial charge in [-0.3, -0.25) is 4.90 Å². The monoisotopic (exact) mass is 285 g/mol. The van der Waals surface area contributed by atoms with Gasteiger partial charge in [0.1, 0.15) is 0 Å². The fourth-order valence-electron chi connectivity index (χ4n) is 1.42. The Balaban J connectivity index is 3.56. The Kier molecular flexibility index (Phi) is 14.9. The van der Waals surface area contributed by atoms with E-state index in [1.165, 1.54) is 12.8 Å². The smallest absolute Gasteiger partial charge is 0.0602 e. The highest BCUT2D eigenvalue weighted by Crippen LogP contribution is 1.96. The molecule has 0 spiro atoms. The molecule has 0 aromatic carbocycles. The first-order chi connectivity index (χ1) is 8.35. The summed E-state index contributed by atoms with van der Waals surface area (Å²) in [4.78, 5) is 2.37. The van der Waals surface area contributed by atoms with Crippen molar-refractivity contribution in [2.24, 2.45) is 0 Å². The lowest BCUT2D eigenvalue weighted by Crippen LogP contribution is -2.32. The zero-order valence-electron chi connectivity index (χ0n) is 10.8. The van der Waals surface area contributed by atoms with Crippen molar-refractivity contribution in [1.82, 2.24) is 4.90 Å². The molecule has 0 N–H and O–H groups in total. The molecule has 17 heavy (non-hydrogen) atoms. The summed E-state index contributed by atoms with van der Waals surface area (Å²) in [5, 5.41) is 0. The fourth-order valence-corrected chi connectivity index (χ4v) is 1.64. The summed E-state index contributed by atoms with van der Waals surface area (Å²) >= 11 is 11.1. The fraction of sp³-hybridized carbons (Fsp3) is 1.00. The minimum Gasteiger partial charge on any atom is -0.379 e. The average Bonchev–Trinajstić information content (AvgIpc) is 2.35. The van der Waals surface area contributed by atoms with Gasteiger partial charge in [-0.25, -0.2) is 0 Å². The van der Waals surface area contributed by atoms with E-state index in [2.05, 4.69) is 11.8 Å². The van der Waals surface area contributed by atoms with E-state index in [-0.39, 0.29) is 0 Å². The molecule has 0 fully saturated rings. The van der Waals surface area contributed by atoms with Crippen molar-refractivity contribution in [3.63, 3.8) is 0 Å². The molecule has 0 bridgehead atoms. The molecule has 0 aromatic heterocycles. The Bertz CT molecular complexity index is 138. The Morgan fingerprint density at radius 1 is 0.824 bits per heavy atom. The van der Waals surface area contributed by atoms with Gasteiger partial charge in [-0.1, -0.05) is 13.3 Å². The van der Waals surface area contributed by atoms with E-state index in [9.17, 15) is 0 Å². The number of nitrogens with zero attached hydrogens (tertiary/aromatic N) is 1. The van der Waals surface area contributed by atoms with Crippen LogP contribution >= 0.6 is 23.2 Å². The lowest BCUT2D eigenvalue weighted by Gasteiger charge is -2.21. The van der Waals surface area contributed by atoms with Gasteiger partial charge >= 0.3 is 0 Å². The van der Waals surface area contributed by atoms with E-state index in [0.717, 1.165) is 32.8 Å². The highest BCUT2D eigenvalue weighted by atomic mass is 35.5. The zero-order chi connectivity index (χ0) is 12.8. The van der Waals surface area contributed by atoms with Crippen LogP contribution in [-0.2, 0) is 9.47 Å². The summed E-state index contributed by atoms with van der Waals surface area (Å²) in [7, 11) is 0. The number of ether oxygens (including phenoxy) is 2. The molecule has 5 heteroatoms. The molecule has 0 unspecified atom stereocenters. The number of hydrogen-bond donors (Lipinski definition) is 0. The molecule has 0 aliphatic heterocycles. The average molecular weight is 286 g/mol. The number of alkyl halides is 2. The second kappa shape index (κ2) is 14.5. The Hall–Kier alpha value is 0.460. The maximum Gasteiger partial charge on any atom is 0.0602 e. The third-order valence-electron chi connectivity index (χ3n) is 2.37. The van der Waals surface area contributed by atoms with Gasteiger partial charge in [0, 0.05) is 24.8 Å². The molecule has 0 aliphatic carbocycles. The van der Waals surface area contributed by atoms with Crippen molar-refractivity contribution in [3.8, 4) is 0 Å². The van der Waals surface area contributed by atoms with Gasteiger partial charge < -0.3 is 9.47 Å². The summed E-state index contributed by atoms with van der Waals surface area (Å²) in [5.74, 6) is 1.13. The predicted octanol–water partition coefficient (Wildman–Crippen LogP) is 2.60. The molecule has 0 aromatic rings. The van der Waals surface area contributed by atoms with Gasteiger partial charge in [0.25, 0.3) is 0 Å². The van der Waals surface area contributed by atoms with Gasteiger partial charge in [0.2, 0.25) is 0 Å². The highest BCUT2D eigenvalue weighted by Gasteiger charge is 2.04. The first kappa shape index (κ1) is 17.5. The van der Waals surface area contributed by atoms with Crippen LogP contribution in [0.25, 0.3) is 0 Å². The molecule has 0 rings (SSSR count). The second-order valence-electron chi connectivity index (χ2n) is 3.80. The zero-order valence-corrected chi connectivity index (χ0v) is 12.3. The SMILES string of the molecule is CCCCN(CCOCCCl)CCOCCCl. The third kappa shape index (κ3) is 12.7. The van der Waals surface area contributed by atoms with Gasteiger partial charge in [-0.2, -0.15) is 0 Å². The highest BCUT2D eigenvalue weighted by molar-refractivity contribution is 6.18. The minimum atomic E-state index is 0.563. The molecule has 0 amide bonds. The molecular weight excluding hydrogens is 261 g/mol. The summed E-state index contributed by atoms with van der Waals surface area (Å²) < 4.78 is 10.8. The van der Waals surface area contributed by atoms with Crippen LogP contribution < -0.4 is 0 Å². The van der Waals surface area contributed by atoms with E-state index in [4.69, 9.17) is 32.7 Å². The minimum absolute atomic E-state index is 0.563. The molecule has 3 nitrogen and oxygen atoms in total. The summed E-state index contributed by atoms with van der Waals surface area (Å²) in [6, 6.07) is 0. The summed E-state index contributed by atoms with van der Waals surface area (Å²) in [6.07, 6.45) is 2.42. The number of halogens is 2. The van der Waals surface area contributed by atoms with Crippen LogP contribution in [0.3, 0.4) is 0 Å². The van der Waals surface area contributed by atoms with E-state index >= 15 is 0 Å². The molecule has 0 atom stereocenters. The Labute approximate surface area is 115 Å². The van der Waals surface area contributed by atoms with Crippen LogP contribution in [0, 0.1) is 0 Å². The molecular formula is C12H25Cl2NO2. The van der Waals surface area contributed by atoms with E-state index in [1.807, 2.05) is 0 Å². The van der Waals surface area contributed by atoms with Crippen molar-refractivity contribution >= 4 is 23.2 Å². The van der Waals surface area contributed by atoms with E-state index in [1.54, 1.807) is 0 Å². The largest absolute Gasteiger partial charge is 0.379 e. The van der Waals surface area contributed by atoms with Crippen LogP contribution in [-0.4, -0.2) is 62.7 Å². The van der Waals surface area contributed by atoms with Crippen LogP contribution in [0.2, 0.25) is 0 Å². The van der Waals surface area contributed by atoms with Crippen molar-refractivity contribution in [2.75, 3.05) is 57.8 Å². The van der Waals surface area contributed by atoms with Crippen LogP contribution in [0.4, 0.5) is 0 Å². The molecule has 0 saturated heterocycles. The predicted molar refractivity (Wildman–Crippen MR) is 74.4 cm³/mol. The van der Waals surface area contributed by atoms with Gasteiger partial charge in [0.05, 0.1) is 26.4 Å². The summed E-state index contributed by atoms with van der Waals surface area (Å²) in [6.45, 7) is 7.94. The number of rotatable bonds is 13. The maximum atomic E-state index is 5.55. The van der Waals surface area contributed by atoms with Crippen molar-refractivity contribution < 1.29 is 9.47 Å². The van der Waals surface area contributed by atoms with Gasteiger partial charge in [-0.15, -0.1) is 23.2 Å². The number of hydrogen-bond acceptors (Lipinski definition) is 3. The summed E-state index contributed by atoms with van der Waals surface area (Å²) in [5.41, 5.74) is 0. The van der Waals surface area contributed by atoms with Crippen molar-refractivity contribution in [1.29, 1.82) is 0 Å². The van der Waals surface area contributed by atoms with Gasteiger partial charge in [0.15, 0.2) is 0 Å². The number of unbranched alkanes of at least 4 members (excludes halogenated alkanes) is 1. The quantitative estimate of drug-likeness (QED) is 0.384. The normalized spacial score (nSPS) is 11.3. The topological polar surface area (TPSA) is 21.7 Å². The molecule has 0 aliphatic rings. The Morgan fingerprint density at radius 3 is 1.76 bits per heavy atom. The lowest BCUT2D eigenvalue weighted by atomic mass is 10.3. The second-order valence-corrected chi connectivity index (χ2v) is 4.55. The van der Waals surface area contributed by atoms with Crippen LogP contribution in [0.1, 0.15) is 19.8 Å². The van der Waals surface area contributed by atoms with Crippen LogP contribution in [0.5, 0.6) is 0 Å².